The van der Waals surface area contributed by atoms with Gasteiger partial charge in [-0.15, -0.1) is 0 Å². The SMILES string of the molecule is C=C1[C@@H](OC(C)=O)[C@@H](OC(=O)c2ccccc2)[C@@H](OC(=O)c2cccnc2)C(C)(C)[C@H]2O[C@](O)([C@@H](C)C2=O)[C@@]2(OC(C)=O)C[C@H](C)[C@H](OC(C)=O)[C@@H]2[C@H]1OC(C)=O. The van der Waals surface area contributed by atoms with Crippen molar-refractivity contribution in [1.29, 1.82) is 0 Å². The summed E-state index contributed by atoms with van der Waals surface area (Å²) in [7, 11) is 0. The molecule has 2 aliphatic heterocycles. The summed E-state index contributed by atoms with van der Waals surface area (Å²) in [6.45, 7) is 14.3. The highest BCUT2D eigenvalue weighted by Gasteiger charge is 2.77. The molecule has 3 fully saturated rings. The zero-order chi connectivity index (χ0) is 42.2. The minimum atomic E-state index is -2.75. The second-order valence-corrected chi connectivity index (χ2v) is 15.3. The lowest BCUT2D eigenvalue weighted by atomic mass is 9.68. The Balaban J connectivity index is 1.89. The number of Topliss-reactive ketones (excluding diaryl/α,β-unsaturated/α-hetero) is 1. The molecule has 2 aromatic rings. The molecule has 3 heterocycles. The van der Waals surface area contributed by atoms with Gasteiger partial charge in [0.2, 0.25) is 5.79 Å². The van der Waals surface area contributed by atoms with Crippen LogP contribution in [0.25, 0.3) is 0 Å². The third-order valence-electron chi connectivity index (χ3n) is 10.9. The number of hydrogen-bond donors (Lipinski definition) is 1. The van der Waals surface area contributed by atoms with Crippen molar-refractivity contribution in [2.45, 2.75) is 110 Å². The van der Waals surface area contributed by atoms with Crippen LogP contribution in [0.1, 0.15) is 82.5 Å². The summed E-state index contributed by atoms with van der Waals surface area (Å²) < 4.78 is 42.5. The van der Waals surface area contributed by atoms with Gasteiger partial charge in [-0.3, -0.25) is 29.0 Å². The van der Waals surface area contributed by atoms with Crippen molar-refractivity contribution in [3.8, 4) is 0 Å². The highest BCUT2D eigenvalue weighted by Crippen LogP contribution is 2.60. The van der Waals surface area contributed by atoms with E-state index in [0.29, 0.717) is 0 Å². The van der Waals surface area contributed by atoms with Crippen LogP contribution in [0.3, 0.4) is 0 Å². The Labute approximate surface area is 329 Å². The Morgan fingerprint density at radius 2 is 1.35 bits per heavy atom. The monoisotopic (exact) mass is 793 g/mol. The van der Waals surface area contributed by atoms with Gasteiger partial charge in [0.05, 0.1) is 23.0 Å². The first-order chi connectivity index (χ1) is 26.7. The fourth-order valence-corrected chi connectivity index (χ4v) is 8.48. The zero-order valence-electron chi connectivity index (χ0n) is 32.9. The highest BCUT2D eigenvalue weighted by molar-refractivity contribution is 5.91. The van der Waals surface area contributed by atoms with Crippen LogP contribution >= 0.6 is 0 Å². The van der Waals surface area contributed by atoms with Crippen LogP contribution in [0.15, 0.2) is 67.0 Å². The van der Waals surface area contributed by atoms with Gasteiger partial charge in [0.15, 0.2) is 29.7 Å². The van der Waals surface area contributed by atoms with Crippen molar-refractivity contribution in [1.82, 2.24) is 4.98 Å². The average molecular weight is 794 g/mol. The van der Waals surface area contributed by atoms with E-state index in [-0.39, 0.29) is 23.1 Å². The van der Waals surface area contributed by atoms with Crippen molar-refractivity contribution in [3.63, 3.8) is 0 Å². The number of hydrogen-bond acceptors (Lipinski definition) is 16. The van der Waals surface area contributed by atoms with Crippen molar-refractivity contribution in [3.05, 3.63) is 78.1 Å². The summed E-state index contributed by atoms with van der Waals surface area (Å²) in [5, 5.41) is 13.0. The average Bonchev–Trinajstić information content (AvgIpc) is 3.55. The van der Waals surface area contributed by atoms with Gasteiger partial charge in [-0.05, 0) is 36.6 Å². The predicted octanol–water partition coefficient (Wildman–Crippen LogP) is 3.47. The van der Waals surface area contributed by atoms with Crippen LogP contribution in [0.2, 0.25) is 0 Å². The summed E-state index contributed by atoms with van der Waals surface area (Å²) >= 11 is 0. The number of nitrogens with zero attached hydrogens (tertiary/aromatic N) is 1. The molecule has 0 unspecified atom stereocenters. The molecule has 306 valence electrons. The second kappa shape index (κ2) is 16.2. The van der Waals surface area contributed by atoms with Crippen molar-refractivity contribution < 1.29 is 71.8 Å². The largest absolute Gasteiger partial charge is 0.462 e. The smallest absolute Gasteiger partial charge is 0.340 e. The fraction of sp³-hybridized carbons (Fsp3) is 0.512. The van der Waals surface area contributed by atoms with E-state index in [1.54, 1.807) is 25.1 Å². The molecule has 11 atom stereocenters. The summed E-state index contributed by atoms with van der Waals surface area (Å²) in [5.74, 6) is -13.1. The van der Waals surface area contributed by atoms with Crippen LogP contribution in [0, 0.1) is 23.2 Å². The van der Waals surface area contributed by atoms with Gasteiger partial charge < -0.3 is 38.3 Å². The first-order valence-electron chi connectivity index (χ1n) is 18.4. The van der Waals surface area contributed by atoms with Crippen LogP contribution in [0.5, 0.6) is 0 Å². The molecule has 0 spiro atoms. The van der Waals surface area contributed by atoms with Crippen molar-refractivity contribution in [2.75, 3.05) is 0 Å². The second-order valence-electron chi connectivity index (χ2n) is 15.3. The molecule has 2 bridgehead atoms. The van der Waals surface area contributed by atoms with Gasteiger partial charge in [0, 0.05) is 51.1 Å². The highest BCUT2D eigenvalue weighted by atomic mass is 16.7. The van der Waals surface area contributed by atoms with E-state index in [1.165, 1.54) is 57.4 Å². The molecular formula is C41H47NO15. The quantitative estimate of drug-likeness (QED) is 0.230. The Morgan fingerprint density at radius 1 is 0.772 bits per heavy atom. The molecule has 57 heavy (non-hydrogen) atoms. The van der Waals surface area contributed by atoms with Crippen LogP contribution in [-0.4, -0.2) is 99.7 Å². The molecule has 1 aliphatic carbocycles. The van der Waals surface area contributed by atoms with Gasteiger partial charge in [0.25, 0.3) is 0 Å². The third-order valence-corrected chi connectivity index (χ3v) is 10.9. The molecule has 16 heteroatoms. The molecule has 1 N–H and O–H groups in total. The molecule has 1 aromatic heterocycles. The van der Waals surface area contributed by atoms with Crippen LogP contribution in [-0.2, 0) is 57.1 Å². The van der Waals surface area contributed by atoms with Gasteiger partial charge in [0.1, 0.15) is 18.3 Å². The Kier molecular flexibility index (Phi) is 12.1. The molecule has 1 aromatic carbocycles. The lowest BCUT2D eigenvalue weighted by Crippen LogP contribution is -2.66. The number of aromatic nitrogens is 1. The molecule has 5 rings (SSSR count). The maximum atomic E-state index is 14.7. The van der Waals surface area contributed by atoms with E-state index in [9.17, 15) is 38.7 Å². The number of benzene rings is 1. The molecule has 3 aliphatic rings. The van der Waals surface area contributed by atoms with Crippen LogP contribution < -0.4 is 0 Å². The number of pyridine rings is 1. The minimum absolute atomic E-state index is 0.0234. The van der Waals surface area contributed by atoms with E-state index < -0.39 is 113 Å². The molecular weight excluding hydrogens is 746 g/mol. The first-order valence-corrected chi connectivity index (χ1v) is 18.4. The first kappa shape index (κ1) is 42.7. The number of fused-ring (bicyclic) bond motifs is 4. The van der Waals surface area contributed by atoms with E-state index in [0.717, 1.165) is 27.7 Å². The maximum absolute atomic E-state index is 14.7. The van der Waals surface area contributed by atoms with E-state index >= 15 is 0 Å². The minimum Gasteiger partial charge on any atom is -0.462 e. The van der Waals surface area contributed by atoms with Gasteiger partial charge in [-0.2, -0.15) is 0 Å². The summed E-state index contributed by atoms with van der Waals surface area (Å²) in [4.78, 5) is 98.8. The zero-order valence-corrected chi connectivity index (χ0v) is 32.9. The van der Waals surface area contributed by atoms with E-state index in [4.69, 9.17) is 33.2 Å². The third kappa shape index (κ3) is 7.92. The summed E-state index contributed by atoms with van der Waals surface area (Å²) in [6.07, 6.45) is -8.16. The number of carbonyl (C=O) groups excluding carboxylic acids is 7. The Hall–Kier alpha value is -5.48. The van der Waals surface area contributed by atoms with Gasteiger partial charge in [-0.25, -0.2) is 9.59 Å². The Bertz CT molecular complexity index is 1930. The summed E-state index contributed by atoms with van der Waals surface area (Å²) in [6, 6.07) is 10.5. The normalized spacial score (nSPS) is 33.1. The Morgan fingerprint density at radius 3 is 1.91 bits per heavy atom. The van der Waals surface area contributed by atoms with Crippen LogP contribution in [0.4, 0.5) is 0 Å². The standard InChI is InChI=1S/C41H47NO15/c1-20-18-40(56-26(7)46)29(31(20)51-23(4)43)32(52-24(5)44)21(2)33(53-25(6)45)34(54-37(48)27-14-11-10-12-15-27)36(55-38(49)28-16-13-17-42-19-28)39(8,9)35-30(47)22(3)41(40,50)57-35/h10-17,19-20,22,29,31-36,50H,2,18H2,1,3-9H3/t20-,22-,29+,31-,32-,33+,34+,35-,36+,40+,41+/m0/s1. The molecule has 2 saturated heterocycles. The topological polar surface area (TPSA) is 217 Å². The number of ether oxygens (including phenoxy) is 7. The predicted molar refractivity (Wildman–Crippen MR) is 194 cm³/mol. The number of ketones is 1. The number of rotatable bonds is 8. The molecule has 16 nitrogen and oxygen atoms in total. The number of aliphatic hydroxyl groups is 1. The molecule has 1 saturated carbocycles. The lowest BCUT2D eigenvalue weighted by Gasteiger charge is -2.49. The van der Waals surface area contributed by atoms with E-state index in [1.807, 2.05) is 0 Å². The number of carbonyl (C=O) groups is 7. The lowest BCUT2D eigenvalue weighted by molar-refractivity contribution is -0.333. The molecule has 0 amide bonds. The van der Waals surface area contributed by atoms with Gasteiger partial charge in [-0.1, -0.05) is 52.5 Å². The molecule has 0 radical (unpaired) electrons. The number of esters is 6. The fourth-order valence-electron chi connectivity index (χ4n) is 8.48. The maximum Gasteiger partial charge on any atom is 0.340 e. The van der Waals surface area contributed by atoms with Gasteiger partial charge >= 0.3 is 35.8 Å². The van der Waals surface area contributed by atoms with Crippen molar-refractivity contribution >= 4 is 41.6 Å². The van der Waals surface area contributed by atoms with Crippen molar-refractivity contribution in [2.24, 2.45) is 23.2 Å². The summed E-state index contributed by atoms with van der Waals surface area (Å²) in [5.41, 5.74) is -4.51. The van der Waals surface area contributed by atoms with E-state index in [2.05, 4.69) is 11.6 Å².